The molecule has 2 aromatic rings. The molecule has 0 radical (unpaired) electrons. The molecule has 0 aliphatic rings. The minimum Gasteiger partial charge on any atom is -0.505 e. The van der Waals surface area contributed by atoms with Crippen molar-refractivity contribution in [3.63, 3.8) is 0 Å². The Morgan fingerprint density at radius 2 is 1.96 bits per heavy atom. The minimum absolute atomic E-state index is 0.191. The van der Waals surface area contributed by atoms with Gasteiger partial charge < -0.3 is 19.7 Å². The molecular weight excluding hydrogens is 385 g/mol. The van der Waals surface area contributed by atoms with E-state index in [0.717, 1.165) is 11.0 Å². The SMILES string of the molecule is CCO[C@@H](CCO)[C@@H](OC(=O)Nc1ccc(SC)cc1)c1ccc(O)c(F)c1. The lowest BCUT2D eigenvalue weighted by molar-refractivity contribution is -0.0485. The zero-order valence-corrected chi connectivity index (χ0v) is 16.5. The lowest BCUT2D eigenvalue weighted by atomic mass is 10.0. The van der Waals surface area contributed by atoms with Crippen LogP contribution in [0.3, 0.4) is 0 Å². The van der Waals surface area contributed by atoms with Crippen LogP contribution in [0.4, 0.5) is 14.9 Å². The summed E-state index contributed by atoms with van der Waals surface area (Å²) < 4.78 is 24.9. The number of carbonyl (C=O) groups excluding carboxylic acids is 1. The van der Waals surface area contributed by atoms with Crippen LogP contribution >= 0.6 is 11.8 Å². The summed E-state index contributed by atoms with van der Waals surface area (Å²) in [6.45, 7) is 1.90. The van der Waals surface area contributed by atoms with Crippen molar-refractivity contribution in [2.24, 2.45) is 0 Å². The number of ether oxygens (including phenoxy) is 2. The number of aliphatic hydroxyl groups excluding tert-OH is 1. The standard InChI is InChI=1S/C20H24FNO5S/c1-3-26-18(10-11-23)19(13-4-9-17(24)16(21)12-13)27-20(25)22-14-5-7-15(28-2)8-6-14/h4-9,12,18-19,23-24H,3,10-11H2,1-2H3,(H,22,25)/t18-,19-/m0/s1. The van der Waals surface area contributed by atoms with Crippen LogP contribution in [0.15, 0.2) is 47.4 Å². The summed E-state index contributed by atoms with van der Waals surface area (Å²) in [4.78, 5) is 13.5. The van der Waals surface area contributed by atoms with Gasteiger partial charge in [-0.2, -0.15) is 0 Å². The zero-order chi connectivity index (χ0) is 20.5. The number of hydrogen-bond donors (Lipinski definition) is 3. The van der Waals surface area contributed by atoms with Crippen molar-refractivity contribution in [3.05, 3.63) is 53.8 Å². The zero-order valence-electron chi connectivity index (χ0n) is 15.7. The number of thioether (sulfide) groups is 1. The molecule has 8 heteroatoms. The highest BCUT2D eigenvalue weighted by Crippen LogP contribution is 2.29. The summed E-state index contributed by atoms with van der Waals surface area (Å²) >= 11 is 1.58. The third-order valence-corrected chi connectivity index (χ3v) is 4.75. The molecule has 6 nitrogen and oxygen atoms in total. The van der Waals surface area contributed by atoms with Gasteiger partial charge in [-0.05, 0) is 55.1 Å². The number of rotatable bonds is 9. The Bertz CT molecular complexity index is 766. The number of phenols is 1. The lowest BCUT2D eigenvalue weighted by Gasteiger charge is -2.27. The number of hydrogen-bond acceptors (Lipinski definition) is 6. The number of carbonyl (C=O) groups is 1. The fourth-order valence-corrected chi connectivity index (χ4v) is 3.07. The maximum absolute atomic E-state index is 13.8. The molecule has 0 bridgehead atoms. The molecule has 0 spiro atoms. The van der Waals surface area contributed by atoms with E-state index in [1.165, 1.54) is 12.1 Å². The second-order valence-corrected chi connectivity index (χ2v) is 6.78. The van der Waals surface area contributed by atoms with Gasteiger partial charge in [-0.25, -0.2) is 9.18 Å². The predicted octanol–water partition coefficient (Wildman–Crippen LogP) is 4.33. The Morgan fingerprint density at radius 3 is 2.54 bits per heavy atom. The van der Waals surface area contributed by atoms with Crippen LogP contribution in [0.2, 0.25) is 0 Å². The largest absolute Gasteiger partial charge is 0.505 e. The summed E-state index contributed by atoms with van der Waals surface area (Å²) in [5.74, 6) is -1.34. The summed E-state index contributed by atoms with van der Waals surface area (Å²) in [5.41, 5.74) is 0.864. The van der Waals surface area contributed by atoms with E-state index in [9.17, 15) is 19.4 Å². The highest BCUT2D eigenvalue weighted by molar-refractivity contribution is 7.98. The number of anilines is 1. The van der Waals surface area contributed by atoms with Crippen LogP contribution in [-0.4, -0.2) is 41.9 Å². The normalized spacial score (nSPS) is 13.0. The molecule has 0 aliphatic carbocycles. The van der Waals surface area contributed by atoms with Crippen molar-refractivity contribution in [2.75, 3.05) is 24.8 Å². The van der Waals surface area contributed by atoms with E-state index in [2.05, 4.69) is 5.32 Å². The highest BCUT2D eigenvalue weighted by atomic mass is 32.2. The Morgan fingerprint density at radius 1 is 1.25 bits per heavy atom. The van der Waals surface area contributed by atoms with Gasteiger partial charge in [0.25, 0.3) is 0 Å². The van der Waals surface area contributed by atoms with Crippen LogP contribution in [0.5, 0.6) is 5.75 Å². The molecule has 0 saturated heterocycles. The smallest absolute Gasteiger partial charge is 0.412 e. The molecule has 28 heavy (non-hydrogen) atoms. The molecule has 2 atom stereocenters. The van der Waals surface area contributed by atoms with Crippen LogP contribution in [0, 0.1) is 5.82 Å². The number of aromatic hydroxyl groups is 1. The molecule has 0 unspecified atom stereocenters. The topological polar surface area (TPSA) is 88.0 Å². The maximum atomic E-state index is 13.8. The summed E-state index contributed by atoms with van der Waals surface area (Å²) in [7, 11) is 0. The molecule has 152 valence electrons. The minimum atomic E-state index is -0.965. The molecule has 0 heterocycles. The van der Waals surface area contributed by atoms with Crippen molar-refractivity contribution in [1.82, 2.24) is 0 Å². The molecule has 0 fully saturated rings. The maximum Gasteiger partial charge on any atom is 0.412 e. The Balaban J connectivity index is 2.21. The molecule has 2 rings (SSSR count). The van der Waals surface area contributed by atoms with Gasteiger partial charge in [0.15, 0.2) is 17.7 Å². The van der Waals surface area contributed by atoms with Crippen molar-refractivity contribution < 1.29 is 28.9 Å². The molecule has 0 saturated carbocycles. The summed E-state index contributed by atoms with van der Waals surface area (Å²) in [6.07, 6.45) is -0.238. The number of benzene rings is 2. The van der Waals surface area contributed by atoms with Crippen LogP contribution in [0.25, 0.3) is 0 Å². The van der Waals surface area contributed by atoms with Gasteiger partial charge in [-0.3, -0.25) is 5.32 Å². The van der Waals surface area contributed by atoms with E-state index in [0.29, 0.717) is 17.9 Å². The van der Waals surface area contributed by atoms with Gasteiger partial charge in [0.05, 0.1) is 0 Å². The molecular formula is C20H24FNO5S. The molecule has 0 aromatic heterocycles. The second-order valence-electron chi connectivity index (χ2n) is 5.90. The average Bonchev–Trinajstić information content (AvgIpc) is 2.69. The van der Waals surface area contributed by atoms with Gasteiger partial charge >= 0.3 is 6.09 Å². The number of aliphatic hydroxyl groups is 1. The van der Waals surface area contributed by atoms with E-state index in [-0.39, 0.29) is 13.0 Å². The first kappa shape index (κ1) is 22.0. The van der Waals surface area contributed by atoms with Crippen molar-refractivity contribution >= 4 is 23.5 Å². The Hall–Kier alpha value is -2.29. The lowest BCUT2D eigenvalue weighted by Crippen LogP contribution is -2.29. The van der Waals surface area contributed by atoms with Crippen LogP contribution in [-0.2, 0) is 9.47 Å². The van der Waals surface area contributed by atoms with E-state index < -0.39 is 29.9 Å². The average molecular weight is 409 g/mol. The summed E-state index contributed by atoms with van der Waals surface area (Å²) in [5, 5.41) is 21.4. The van der Waals surface area contributed by atoms with E-state index in [1.807, 2.05) is 18.4 Å². The predicted molar refractivity (Wildman–Crippen MR) is 106 cm³/mol. The second kappa shape index (κ2) is 10.9. The number of nitrogens with one attached hydrogen (secondary N) is 1. The van der Waals surface area contributed by atoms with Crippen LogP contribution < -0.4 is 5.32 Å². The van der Waals surface area contributed by atoms with Gasteiger partial charge in [0, 0.05) is 30.2 Å². The number of phenolic OH excluding ortho intramolecular Hbond substituents is 1. The molecule has 1 amide bonds. The third kappa shape index (κ3) is 6.12. The summed E-state index contributed by atoms with van der Waals surface area (Å²) in [6, 6.07) is 10.9. The molecule has 0 aliphatic heterocycles. The number of amides is 1. The van der Waals surface area contributed by atoms with Crippen molar-refractivity contribution in [1.29, 1.82) is 0 Å². The van der Waals surface area contributed by atoms with E-state index in [4.69, 9.17) is 9.47 Å². The van der Waals surface area contributed by atoms with Gasteiger partial charge in [0.1, 0.15) is 6.10 Å². The molecule has 2 aromatic carbocycles. The molecule has 3 N–H and O–H groups in total. The van der Waals surface area contributed by atoms with E-state index in [1.54, 1.807) is 30.8 Å². The Labute approximate surface area is 167 Å². The quantitative estimate of drug-likeness (QED) is 0.534. The first-order valence-corrected chi connectivity index (χ1v) is 10.0. The van der Waals surface area contributed by atoms with Crippen molar-refractivity contribution in [2.45, 2.75) is 30.4 Å². The Kier molecular flexibility index (Phi) is 8.56. The van der Waals surface area contributed by atoms with Gasteiger partial charge in [0.2, 0.25) is 0 Å². The van der Waals surface area contributed by atoms with Crippen LogP contribution in [0.1, 0.15) is 25.0 Å². The van der Waals surface area contributed by atoms with Crippen molar-refractivity contribution in [3.8, 4) is 5.75 Å². The third-order valence-electron chi connectivity index (χ3n) is 4.00. The monoisotopic (exact) mass is 409 g/mol. The van der Waals surface area contributed by atoms with Gasteiger partial charge in [-0.1, -0.05) is 6.07 Å². The fourth-order valence-electron chi connectivity index (χ4n) is 2.66. The fraction of sp³-hybridized carbons (Fsp3) is 0.350. The number of halogens is 1. The van der Waals surface area contributed by atoms with E-state index >= 15 is 0 Å². The first-order valence-electron chi connectivity index (χ1n) is 8.81. The van der Waals surface area contributed by atoms with Gasteiger partial charge in [-0.15, -0.1) is 11.8 Å². The first-order chi connectivity index (χ1) is 13.5. The highest BCUT2D eigenvalue weighted by Gasteiger charge is 2.28.